The van der Waals surface area contributed by atoms with Gasteiger partial charge < -0.3 is 15.5 Å². The smallest absolute Gasteiger partial charge is 0.251 e. The Morgan fingerprint density at radius 3 is 2.44 bits per heavy atom. The average Bonchev–Trinajstić information content (AvgIpc) is 2.64. The Morgan fingerprint density at radius 1 is 1.24 bits per heavy atom. The van der Waals surface area contributed by atoms with Crippen LogP contribution in [-0.2, 0) is 9.59 Å². The molecule has 1 heterocycles. The highest BCUT2D eigenvalue weighted by Gasteiger charge is 2.33. The van der Waals surface area contributed by atoms with Gasteiger partial charge in [-0.15, -0.1) is 6.58 Å². The second-order valence-corrected chi connectivity index (χ2v) is 6.19. The topological polar surface area (TPSA) is 78.5 Å². The fraction of sp³-hybridized carbons (Fsp3) is 0.421. The second-order valence-electron chi connectivity index (χ2n) is 6.19. The maximum Gasteiger partial charge on any atom is 0.251 e. The quantitative estimate of drug-likeness (QED) is 0.765. The van der Waals surface area contributed by atoms with Gasteiger partial charge in [0, 0.05) is 32.1 Å². The molecular formula is C19H25N3O3. The number of nitrogens with one attached hydrogen (secondary N) is 2. The Labute approximate surface area is 148 Å². The molecule has 0 aliphatic carbocycles. The van der Waals surface area contributed by atoms with Gasteiger partial charge in [0.1, 0.15) is 6.04 Å². The first-order valence-electron chi connectivity index (χ1n) is 8.53. The monoisotopic (exact) mass is 343 g/mol. The molecule has 6 heteroatoms. The molecule has 0 spiro atoms. The molecule has 1 fully saturated rings. The summed E-state index contributed by atoms with van der Waals surface area (Å²) in [6, 6.07) is 8.21. The van der Waals surface area contributed by atoms with Gasteiger partial charge in [0.15, 0.2) is 0 Å². The zero-order valence-electron chi connectivity index (χ0n) is 14.5. The molecule has 0 saturated carbocycles. The van der Waals surface area contributed by atoms with Crippen LogP contribution >= 0.6 is 0 Å². The summed E-state index contributed by atoms with van der Waals surface area (Å²) in [4.78, 5) is 38.3. The van der Waals surface area contributed by atoms with Crippen LogP contribution in [0.5, 0.6) is 0 Å². The first kappa shape index (κ1) is 18.7. The molecule has 1 aromatic rings. The van der Waals surface area contributed by atoms with Crippen molar-refractivity contribution in [2.24, 2.45) is 5.92 Å². The molecule has 25 heavy (non-hydrogen) atoms. The van der Waals surface area contributed by atoms with Crippen molar-refractivity contribution in [2.75, 3.05) is 19.6 Å². The maximum atomic E-state index is 12.5. The van der Waals surface area contributed by atoms with E-state index in [9.17, 15) is 14.4 Å². The van der Waals surface area contributed by atoms with Crippen molar-refractivity contribution >= 4 is 17.7 Å². The number of hydrogen-bond donors (Lipinski definition) is 2. The molecule has 2 N–H and O–H groups in total. The largest absolute Gasteiger partial charge is 0.351 e. The van der Waals surface area contributed by atoms with Crippen molar-refractivity contribution in [3.05, 3.63) is 48.6 Å². The SMILES string of the molecule is C=CCNC(=O)[C@H](NC(=O)c1ccccc1)C1CCN(C(C)=O)CC1. The van der Waals surface area contributed by atoms with Crippen molar-refractivity contribution in [3.8, 4) is 0 Å². The van der Waals surface area contributed by atoms with Crippen LogP contribution in [0.15, 0.2) is 43.0 Å². The van der Waals surface area contributed by atoms with Crippen LogP contribution in [-0.4, -0.2) is 48.3 Å². The number of carbonyl (C=O) groups excluding carboxylic acids is 3. The summed E-state index contributed by atoms with van der Waals surface area (Å²) < 4.78 is 0. The number of nitrogens with zero attached hydrogens (tertiary/aromatic N) is 1. The number of hydrogen-bond acceptors (Lipinski definition) is 3. The van der Waals surface area contributed by atoms with Crippen LogP contribution in [0.2, 0.25) is 0 Å². The third-order valence-corrected chi connectivity index (χ3v) is 4.48. The Hall–Kier alpha value is -2.63. The second kappa shape index (κ2) is 9.01. The van der Waals surface area contributed by atoms with E-state index in [0.29, 0.717) is 38.0 Å². The highest BCUT2D eigenvalue weighted by molar-refractivity contribution is 5.97. The van der Waals surface area contributed by atoms with E-state index in [0.717, 1.165) is 0 Å². The Morgan fingerprint density at radius 2 is 1.88 bits per heavy atom. The van der Waals surface area contributed by atoms with Gasteiger partial charge >= 0.3 is 0 Å². The first-order chi connectivity index (χ1) is 12.0. The van der Waals surface area contributed by atoms with Gasteiger partial charge in [-0.05, 0) is 30.9 Å². The zero-order valence-corrected chi connectivity index (χ0v) is 14.5. The number of carbonyl (C=O) groups is 3. The van der Waals surface area contributed by atoms with E-state index in [1.807, 2.05) is 6.07 Å². The lowest BCUT2D eigenvalue weighted by molar-refractivity contribution is -0.130. The first-order valence-corrected chi connectivity index (χ1v) is 8.53. The van der Waals surface area contributed by atoms with Gasteiger partial charge in [0.05, 0.1) is 0 Å². The van der Waals surface area contributed by atoms with Crippen molar-refractivity contribution in [1.29, 1.82) is 0 Å². The normalized spacial score (nSPS) is 16.0. The Bertz CT molecular complexity index is 622. The van der Waals surface area contributed by atoms with E-state index >= 15 is 0 Å². The third kappa shape index (κ3) is 5.17. The van der Waals surface area contributed by atoms with Crippen LogP contribution < -0.4 is 10.6 Å². The lowest BCUT2D eigenvalue weighted by Gasteiger charge is -2.35. The summed E-state index contributed by atoms with van der Waals surface area (Å²) in [6.07, 6.45) is 2.97. The molecule has 0 radical (unpaired) electrons. The number of piperidine rings is 1. The summed E-state index contributed by atoms with van der Waals surface area (Å²) in [7, 11) is 0. The number of likely N-dealkylation sites (tertiary alicyclic amines) is 1. The standard InChI is InChI=1S/C19H25N3O3/c1-3-11-20-19(25)17(15-9-12-22(13-10-15)14(2)23)21-18(24)16-7-5-4-6-8-16/h3-8,15,17H,1,9-13H2,2H3,(H,20,25)(H,21,24)/t17-/m1/s1. The summed E-state index contributed by atoms with van der Waals surface area (Å²) in [5, 5.41) is 5.64. The summed E-state index contributed by atoms with van der Waals surface area (Å²) in [6.45, 7) is 6.70. The van der Waals surface area contributed by atoms with E-state index in [2.05, 4.69) is 17.2 Å². The average molecular weight is 343 g/mol. The highest BCUT2D eigenvalue weighted by Crippen LogP contribution is 2.21. The van der Waals surface area contributed by atoms with Gasteiger partial charge in [0.2, 0.25) is 11.8 Å². The van der Waals surface area contributed by atoms with E-state index in [1.165, 1.54) is 0 Å². The number of benzene rings is 1. The molecule has 0 unspecified atom stereocenters. The van der Waals surface area contributed by atoms with Crippen LogP contribution in [0.1, 0.15) is 30.1 Å². The Kier molecular flexibility index (Phi) is 6.74. The van der Waals surface area contributed by atoms with Crippen molar-refractivity contribution in [1.82, 2.24) is 15.5 Å². The van der Waals surface area contributed by atoms with E-state index in [4.69, 9.17) is 0 Å². The van der Waals surface area contributed by atoms with Crippen LogP contribution in [0.3, 0.4) is 0 Å². The molecular weight excluding hydrogens is 318 g/mol. The van der Waals surface area contributed by atoms with Gasteiger partial charge in [-0.3, -0.25) is 14.4 Å². The van der Waals surface area contributed by atoms with Crippen molar-refractivity contribution in [3.63, 3.8) is 0 Å². The third-order valence-electron chi connectivity index (χ3n) is 4.48. The van der Waals surface area contributed by atoms with Crippen LogP contribution in [0.25, 0.3) is 0 Å². The lowest BCUT2D eigenvalue weighted by Crippen LogP contribution is -2.53. The summed E-state index contributed by atoms with van der Waals surface area (Å²) in [5.74, 6) is -0.452. The molecule has 1 saturated heterocycles. The van der Waals surface area contributed by atoms with E-state index in [1.54, 1.807) is 42.2 Å². The van der Waals surface area contributed by atoms with Gasteiger partial charge in [-0.1, -0.05) is 24.3 Å². The van der Waals surface area contributed by atoms with Gasteiger partial charge in [0.25, 0.3) is 5.91 Å². The highest BCUT2D eigenvalue weighted by atomic mass is 16.2. The van der Waals surface area contributed by atoms with Crippen LogP contribution in [0, 0.1) is 5.92 Å². The summed E-state index contributed by atoms with van der Waals surface area (Å²) in [5.41, 5.74) is 0.519. The summed E-state index contributed by atoms with van der Waals surface area (Å²) >= 11 is 0. The fourth-order valence-electron chi connectivity index (χ4n) is 3.04. The zero-order chi connectivity index (χ0) is 18.2. The van der Waals surface area contributed by atoms with Crippen LogP contribution in [0.4, 0.5) is 0 Å². The molecule has 2 rings (SSSR count). The Balaban J connectivity index is 2.08. The van der Waals surface area contributed by atoms with Crippen molar-refractivity contribution < 1.29 is 14.4 Å². The minimum Gasteiger partial charge on any atom is -0.351 e. The minimum absolute atomic E-state index is 0.00641. The van der Waals surface area contributed by atoms with E-state index < -0.39 is 6.04 Å². The molecule has 3 amide bonds. The molecule has 1 aromatic carbocycles. The minimum atomic E-state index is -0.623. The fourth-order valence-corrected chi connectivity index (χ4v) is 3.04. The molecule has 1 aliphatic rings. The molecule has 0 bridgehead atoms. The number of amides is 3. The molecule has 134 valence electrons. The predicted molar refractivity (Wildman–Crippen MR) is 95.9 cm³/mol. The van der Waals surface area contributed by atoms with E-state index in [-0.39, 0.29) is 23.6 Å². The number of rotatable bonds is 6. The molecule has 1 atom stereocenters. The molecule has 0 aromatic heterocycles. The van der Waals surface area contributed by atoms with Crippen molar-refractivity contribution in [2.45, 2.75) is 25.8 Å². The molecule has 1 aliphatic heterocycles. The molecule has 6 nitrogen and oxygen atoms in total. The van der Waals surface area contributed by atoms with Gasteiger partial charge in [-0.25, -0.2) is 0 Å². The van der Waals surface area contributed by atoms with Gasteiger partial charge in [-0.2, -0.15) is 0 Å². The lowest BCUT2D eigenvalue weighted by atomic mass is 9.88. The predicted octanol–water partition coefficient (Wildman–Crippen LogP) is 1.35. The maximum absolute atomic E-state index is 12.5.